The SMILES string of the molecule is BrC[CH]CCCCCCCCCCCCCCCOC1CC[CH]CC1. The molecule has 0 amide bonds. The molecule has 1 rings (SSSR count). The summed E-state index contributed by atoms with van der Waals surface area (Å²) in [6, 6.07) is 0. The predicted molar refractivity (Wildman–Crippen MR) is 115 cm³/mol. The van der Waals surface area contributed by atoms with Crippen molar-refractivity contribution in [1.29, 1.82) is 0 Å². The number of rotatable bonds is 18. The topological polar surface area (TPSA) is 9.23 Å². The molecule has 0 bridgehead atoms. The van der Waals surface area contributed by atoms with Gasteiger partial charge in [-0.25, -0.2) is 0 Å². The van der Waals surface area contributed by atoms with Crippen molar-refractivity contribution >= 4 is 15.9 Å². The van der Waals surface area contributed by atoms with Gasteiger partial charge >= 0.3 is 0 Å². The second-order valence-electron chi connectivity index (χ2n) is 7.76. The van der Waals surface area contributed by atoms with Gasteiger partial charge in [-0.1, -0.05) is 93.0 Å². The average molecular weight is 416 g/mol. The highest BCUT2D eigenvalue weighted by Gasteiger charge is 2.12. The zero-order chi connectivity index (χ0) is 17.8. The number of ether oxygens (including phenoxy) is 1. The van der Waals surface area contributed by atoms with Crippen LogP contribution in [0.3, 0.4) is 0 Å². The van der Waals surface area contributed by atoms with E-state index in [4.69, 9.17) is 4.74 Å². The summed E-state index contributed by atoms with van der Waals surface area (Å²) >= 11 is 3.45. The molecule has 0 heterocycles. The Labute approximate surface area is 167 Å². The highest BCUT2D eigenvalue weighted by molar-refractivity contribution is 9.09. The minimum atomic E-state index is 0.567. The Hall–Kier alpha value is 0.440. The van der Waals surface area contributed by atoms with Crippen LogP contribution in [0.1, 0.15) is 116 Å². The van der Waals surface area contributed by atoms with Gasteiger partial charge in [-0.3, -0.25) is 0 Å². The lowest BCUT2D eigenvalue weighted by Gasteiger charge is -2.21. The summed E-state index contributed by atoms with van der Waals surface area (Å²) in [5, 5.41) is 1.06. The first-order valence-corrected chi connectivity index (χ1v) is 12.4. The molecule has 1 aliphatic rings. The molecule has 0 aromatic carbocycles. The molecule has 1 saturated carbocycles. The van der Waals surface area contributed by atoms with Crippen LogP contribution >= 0.6 is 15.9 Å². The molecule has 2 radical (unpaired) electrons. The van der Waals surface area contributed by atoms with E-state index in [1.165, 1.54) is 116 Å². The minimum Gasteiger partial charge on any atom is -0.378 e. The Morgan fingerprint density at radius 1 is 0.720 bits per heavy atom. The Bertz CT molecular complexity index is 250. The summed E-state index contributed by atoms with van der Waals surface area (Å²) < 4.78 is 5.98. The summed E-state index contributed by atoms with van der Waals surface area (Å²) in [5.41, 5.74) is 0. The molecule has 0 unspecified atom stereocenters. The molecule has 1 aliphatic carbocycles. The van der Waals surface area contributed by atoms with E-state index >= 15 is 0 Å². The molecule has 0 atom stereocenters. The fourth-order valence-corrected chi connectivity index (χ4v) is 4.05. The lowest BCUT2D eigenvalue weighted by molar-refractivity contribution is 0.0326. The molecule has 1 fully saturated rings. The molecule has 1 nitrogen and oxygen atoms in total. The number of hydrogen-bond acceptors (Lipinski definition) is 1. The van der Waals surface area contributed by atoms with E-state index in [1.54, 1.807) is 0 Å². The van der Waals surface area contributed by atoms with Crippen LogP contribution in [0.2, 0.25) is 0 Å². The standard InChI is InChI=1S/C23H43BrO/c24-21-17-12-10-8-6-4-2-1-3-5-7-9-11-13-18-22-25-23-19-15-14-16-20-23/h14,17,23H,1-13,15-16,18-22H2. The van der Waals surface area contributed by atoms with Gasteiger partial charge < -0.3 is 4.74 Å². The van der Waals surface area contributed by atoms with Gasteiger partial charge in [-0.2, -0.15) is 0 Å². The maximum Gasteiger partial charge on any atom is 0.0575 e. The van der Waals surface area contributed by atoms with Crippen molar-refractivity contribution in [2.45, 2.75) is 122 Å². The van der Waals surface area contributed by atoms with E-state index in [9.17, 15) is 0 Å². The van der Waals surface area contributed by atoms with E-state index in [1.807, 2.05) is 0 Å². The second kappa shape index (κ2) is 19.2. The first kappa shape index (κ1) is 23.5. The number of alkyl halides is 1. The van der Waals surface area contributed by atoms with E-state index in [2.05, 4.69) is 28.8 Å². The normalized spacial score (nSPS) is 15.7. The van der Waals surface area contributed by atoms with Gasteiger partial charge in [-0.15, -0.1) is 0 Å². The Morgan fingerprint density at radius 3 is 1.72 bits per heavy atom. The third kappa shape index (κ3) is 16.3. The number of unbranched alkanes of at least 4 members (excludes halogenated alkanes) is 14. The van der Waals surface area contributed by atoms with Crippen molar-refractivity contribution in [3.63, 3.8) is 0 Å². The molecule has 148 valence electrons. The van der Waals surface area contributed by atoms with Crippen LogP contribution in [-0.2, 0) is 4.74 Å². The minimum absolute atomic E-state index is 0.567. The number of hydrogen-bond donors (Lipinski definition) is 0. The fraction of sp³-hybridized carbons (Fsp3) is 0.913. The van der Waals surface area contributed by atoms with Crippen LogP contribution in [0.25, 0.3) is 0 Å². The molecular formula is C23H43BrO. The Kier molecular flexibility index (Phi) is 18.0. The lowest BCUT2D eigenvalue weighted by atomic mass is 9.98. The van der Waals surface area contributed by atoms with Crippen molar-refractivity contribution in [1.82, 2.24) is 0 Å². The summed E-state index contributed by atoms with van der Waals surface area (Å²) in [5.74, 6) is 0. The summed E-state index contributed by atoms with van der Waals surface area (Å²) in [4.78, 5) is 0. The van der Waals surface area contributed by atoms with Crippen LogP contribution in [0.5, 0.6) is 0 Å². The summed E-state index contributed by atoms with van der Waals surface area (Å²) in [6.07, 6.45) is 30.1. The van der Waals surface area contributed by atoms with Crippen LogP contribution < -0.4 is 0 Å². The zero-order valence-electron chi connectivity index (χ0n) is 16.7. The fourth-order valence-electron chi connectivity index (χ4n) is 3.73. The Morgan fingerprint density at radius 2 is 1.20 bits per heavy atom. The summed E-state index contributed by atoms with van der Waals surface area (Å²) in [7, 11) is 0. The van der Waals surface area contributed by atoms with Gasteiger partial charge in [0.1, 0.15) is 0 Å². The van der Waals surface area contributed by atoms with Crippen LogP contribution in [0.15, 0.2) is 0 Å². The smallest absolute Gasteiger partial charge is 0.0575 e. The van der Waals surface area contributed by atoms with Crippen molar-refractivity contribution in [2.75, 3.05) is 11.9 Å². The van der Waals surface area contributed by atoms with Gasteiger partial charge in [0, 0.05) is 11.9 Å². The average Bonchev–Trinajstić information content (AvgIpc) is 2.65. The quantitative estimate of drug-likeness (QED) is 0.162. The maximum absolute atomic E-state index is 5.98. The van der Waals surface area contributed by atoms with Crippen molar-refractivity contribution in [3.8, 4) is 0 Å². The van der Waals surface area contributed by atoms with E-state index in [0.29, 0.717) is 6.10 Å². The van der Waals surface area contributed by atoms with E-state index < -0.39 is 0 Å². The zero-order valence-corrected chi connectivity index (χ0v) is 18.2. The highest BCUT2D eigenvalue weighted by atomic mass is 79.9. The third-order valence-electron chi connectivity index (χ3n) is 5.40. The molecule has 2 heteroatoms. The molecule has 0 spiro atoms. The first-order valence-electron chi connectivity index (χ1n) is 11.2. The van der Waals surface area contributed by atoms with Gasteiger partial charge in [0.2, 0.25) is 0 Å². The largest absolute Gasteiger partial charge is 0.378 e. The highest BCUT2D eigenvalue weighted by Crippen LogP contribution is 2.20. The lowest BCUT2D eigenvalue weighted by Crippen LogP contribution is -2.17. The second-order valence-corrected chi connectivity index (χ2v) is 8.41. The maximum atomic E-state index is 5.98. The first-order chi connectivity index (χ1) is 12.4. The van der Waals surface area contributed by atoms with E-state index in [0.717, 1.165) is 11.9 Å². The molecule has 0 N–H and O–H groups in total. The van der Waals surface area contributed by atoms with Crippen LogP contribution in [0, 0.1) is 12.8 Å². The van der Waals surface area contributed by atoms with Crippen LogP contribution in [0.4, 0.5) is 0 Å². The van der Waals surface area contributed by atoms with Crippen molar-refractivity contribution in [3.05, 3.63) is 12.8 Å². The summed E-state index contributed by atoms with van der Waals surface area (Å²) in [6.45, 7) is 0.999. The van der Waals surface area contributed by atoms with Gasteiger partial charge in [0.25, 0.3) is 0 Å². The van der Waals surface area contributed by atoms with Crippen LogP contribution in [-0.4, -0.2) is 18.0 Å². The molecule has 0 aliphatic heterocycles. The molecule has 25 heavy (non-hydrogen) atoms. The molecular weight excluding hydrogens is 372 g/mol. The predicted octanol–water partition coefficient (Wildman–Crippen LogP) is 8.21. The number of halogens is 1. The van der Waals surface area contributed by atoms with Gasteiger partial charge in [-0.05, 0) is 51.4 Å². The van der Waals surface area contributed by atoms with Crippen molar-refractivity contribution < 1.29 is 4.74 Å². The van der Waals surface area contributed by atoms with E-state index in [-0.39, 0.29) is 0 Å². The van der Waals surface area contributed by atoms with Crippen molar-refractivity contribution in [2.24, 2.45) is 0 Å². The molecule has 0 aromatic rings. The molecule has 0 saturated heterocycles. The molecule has 0 aromatic heterocycles. The monoisotopic (exact) mass is 414 g/mol. The Balaban J connectivity index is 1.65. The van der Waals surface area contributed by atoms with Gasteiger partial charge in [0.05, 0.1) is 6.10 Å². The van der Waals surface area contributed by atoms with Gasteiger partial charge in [0.15, 0.2) is 0 Å². The third-order valence-corrected chi connectivity index (χ3v) is 5.86.